The van der Waals surface area contributed by atoms with E-state index in [4.69, 9.17) is 17.0 Å². The van der Waals surface area contributed by atoms with E-state index in [9.17, 15) is 24.8 Å². The molecule has 0 radical (unpaired) electrons. The molecule has 29 heavy (non-hydrogen) atoms. The van der Waals surface area contributed by atoms with Gasteiger partial charge in [0, 0.05) is 11.6 Å². The summed E-state index contributed by atoms with van der Waals surface area (Å²) in [5.74, 6) is -1.01. The predicted octanol–water partition coefficient (Wildman–Crippen LogP) is 2.86. The van der Waals surface area contributed by atoms with Gasteiger partial charge in [-0.1, -0.05) is 17.8 Å². The average Bonchev–Trinajstić information content (AvgIpc) is 2.96. The van der Waals surface area contributed by atoms with E-state index in [0.29, 0.717) is 16.9 Å². The van der Waals surface area contributed by atoms with Gasteiger partial charge in [-0.05, 0) is 54.2 Å². The summed E-state index contributed by atoms with van der Waals surface area (Å²) in [6.07, 6.45) is 1.39. The van der Waals surface area contributed by atoms with E-state index in [1.165, 1.54) is 31.4 Å². The number of nitro groups is 1. The van der Waals surface area contributed by atoms with E-state index in [-0.39, 0.29) is 9.23 Å². The van der Waals surface area contributed by atoms with Crippen molar-refractivity contribution in [2.45, 2.75) is 0 Å². The first-order valence-corrected chi connectivity index (χ1v) is 9.23. The van der Waals surface area contributed by atoms with Crippen molar-refractivity contribution in [2.75, 3.05) is 7.11 Å². The molecule has 1 aliphatic rings. The first-order chi connectivity index (χ1) is 13.8. The van der Waals surface area contributed by atoms with Crippen molar-refractivity contribution in [3.05, 3.63) is 68.6 Å². The summed E-state index contributed by atoms with van der Waals surface area (Å²) in [4.78, 5) is 35.4. The second kappa shape index (κ2) is 8.29. The van der Waals surface area contributed by atoms with Crippen LogP contribution in [0.4, 0.5) is 5.69 Å². The monoisotopic (exact) mass is 431 g/mol. The lowest BCUT2D eigenvalue weighted by molar-refractivity contribution is -0.385. The smallest absolute Gasteiger partial charge is 0.311 e. The van der Waals surface area contributed by atoms with Gasteiger partial charge < -0.3 is 9.84 Å². The zero-order valence-electron chi connectivity index (χ0n) is 14.8. The highest BCUT2D eigenvalue weighted by molar-refractivity contribution is 8.26. The number of thiocarbonyl (C=S) groups is 1. The highest BCUT2D eigenvalue weighted by Crippen LogP contribution is 2.33. The number of ether oxygens (including phenoxy) is 1. The molecule has 0 bridgehead atoms. The lowest BCUT2D eigenvalue weighted by Crippen LogP contribution is -2.44. The third kappa shape index (κ3) is 4.36. The van der Waals surface area contributed by atoms with Gasteiger partial charge in [0.1, 0.15) is 5.75 Å². The molecule has 0 atom stereocenters. The fourth-order valence-corrected chi connectivity index (χ4v) is 3.58. The van der Waals surface area contributed by atoms with Gasteiger partial charge in [0.05, 0.1) is 16.9 Å². The number of nitrogens with zero attached hydrogens (tertiary/aromatic N) is 2. The molecule has 1 aliphatic heterocycles. The molecule has 2 amide bonds. The van der Waals surface area contributed by atoms with Crippen molar-refractivity contribution in [1.29, 1.82) is 0 Å². The number of hydrogen-bond acceptors (Lipinski definition) is 8. The molecule has 0 saturated carbocycles. The third-order valence-corrected chi connectivity index (χ3v) is 5.16. The number of nitro benzene ring substituents is 1. The summed E-state index contributed by atoms with van der Waals surface area (Å²) >= 11 is 6.09. The number of phenols is 1. The molecule has 2 N–H and O–H groups in total. The molecule has 2 aromatic carbocycles. The Bertz CT molecular complexity index is 1050. The molecule has 0 aromatic heterocycles. The number of benzene rings is 2. The molecule has 2 aromatic rings. The normalized spacial score (nSPS) is 14.9. The molecule has 148 valence electrons. The van der Waals surface area contributed by atoms with Crippen LogP contribution in [0.1, 0.15) is 15.9 Å². The van der Waals surface area contributed by atoms with Crippen molar-refractivity contribution >= 4 is 51.9 Å². The molecule has 1 saturated heterocycles. The highest BCUT2D eigenvalue weighted by atomic mass is 32.2. The van der Waals surface area contributed by atoms with Crippen LogP contribution in [-0.4, -0.2) is 38.3 Å². The first-order valence-electron chi connectivity index (χ1n) is 8.00. The minimum absolute atomic E-state index is 0.108. The molecule has 11 heteroatoms. The second-order valence-corrected chi connectivity index (χ2v) is 7.37. The molecule has 0 aliphatic carbocycles. The maximum absolute atomic E-state index is 12.6. The number of rotatable bonds is 5. The van der Waals surface area contributed by atoms with Crippen LogP contribution in [0, 0.1) is 10.1 Å². The summed E-state index contributed by atoms with van der Waals surface area (Å²) in [6.45, 7) is 0. The van der Waals surface area contributed by atoms with Gasteiger partial charge in [-0.2, -0.15) is 5.01 Å². The molecule has 1 fully saturated rings. The van der Waals surface area contributed by atoms with E-state index in [1.54, 1.807) is 12.1 Å². The van der Waals surface area contributed by atoms with E-state index >= 15 is 0 Å². The highest BCUT2D eigenvalue weighted by Gasteiger charge is 2.34. The van der Waals surface area contributed by atoms with E-state index in [2.05, 4.69) is 5.43 Å². The summed E-state index contributed by atoms with van der Waals surface area (Å²) in [5.41, 5.74) is 2.59. The van der Waals surface area contributed by atoms with Crippen LogP contribution in [0.5, 0.6) is 11.5 Å². The SMILES string of the molecule is COc1ccc(C(=O)NN2C(=O)/C(=C\c3ccc(O)c([N+](=O)[O-])c3)SC2=S)cc1. The molecule has 0 unspecified atom stereocenters. The number of aromatic hydroxyl groups is 1. The Morgan fingerprint density at radius 1 is 1.31 bits per heavy atom. The fourth-order valence-electron chi connectivity index (χ4n) is 2.40. The van der Waals surface area contributed by atoms with Crippen LogP contribution in [0.15, 0.2) is 47.4 Å². The van der Waals surface area contributed by atoms with Crippen molar-refractivity contribution in [3.8, 4) is 11.5 Å². The second-order valence-electron chi connectivity index (χ2n) is 5.69. The van der Waals surface area contributed by atoms with Crippen LogP contribution in [0.25, 0.3) is 6.08 Å². The summed E-state index contributed by atoms with van der Waals surface area (Å²) in [7, 11) is 1.50. The van der Waals surface area contributed by atoms with Crippen LogP contribution in [0.2, 0.25) is 0 Å². The van der Waals surface area contributed by atoms with Gasteiger partial charge in [0.25, 0.3) is 11.8 Å². The molecule has 3 rings (SSSR count). The number of thioether (sulfide) groups is 1. The Labute approximate surface area is 174 Å². The zero-order chi connectivity index (χ0) is 21.1. The Balaban J connectivity index is 1.78. The van der Waals surface area contributed by atoms with E-state index < -0.39 is 28.2 Å². The Hall–Kier alpha value is -3.44. The summed E-state index contributed by atoms with van der Waals surface area (Å²) < 4.78 is 5.14. The van der Waals surface area contributed by atoms with Crippen LogP contribution >= 0.6 is 24.0 Å². The van der Waals surface area contributed by atoms with Crippen molar-refractivity contribution in [1.82, 2.24) is 10.4 Å². The average molecular weight is 431 g/mol. The quantitative estimate of drug-likeness (QED) is 0.321. The van der Waals surface area contributed by atoms with Crippen molar-refractivity contribution in [2.24, 2.45) is 0 Å². The predicted molar refractivity (Wildman–Crippen MR) is 110 cm³/mol. The molecular weight excluding hydrogens is 418 g/mol. The van der Waals surface area contributed by atoms with Crippen LogP contribution < -0.4 is 10.2 Å². The van der Waals surface area contributed by atoms with E-state index in [1.807, 2.05) is 0 Å². The van der Waals surface area contributed by atoms with Gasteiger partial charge in [-0.15, -0.1) is 0 Å². The third-order valence-electron chi connectivity index (χ3n) is 3.85. The minimum atomic E-state index is -0.729. The maximum atomic E-state index is 12.6. The lowest BCUT2D eigenvalue weighted by Gasteiger charge is -2.15. The number of hydrogen-bond donors (Lipinski definition) is 2. The Morgan fingerprint density at radius 2 is 2.00 bits per heavy atom. The number of carbonyl (C=O) groups excluding carboxylic acids is 2. The summed E-state index contributed by atoms with van der Waals surface area (Å²) in [6, 6.07) is 10.0. The van der Waals surface area contributed by atoms with Gasteiger partial charge >= 0.3 is 5.69 Å². The standard InChI is InChI=1S/C18H13N3O6S2/c1-27-12-5-3-11(4-6-12)16(23)19-20-17(24)15(29-18(20)28)9-10-2-7-14(22)13(8-10)21(25)26/h2-9,22H,1H3,(H,19,23)/b15-9+. The minimum Gasteiger partial charge on any atom is -0.502 e. The van der Waals surface area contributed by atoms with Gasteiger partial charge in [0.15, 0.2) is 10.1 Å². The van der Waals surface area contributed by atoms with Crippen LogP contribution in [-0.2, 0) is 4.79 Å². The molecule has 0 spiro atoms. The molecule has 1 heterocycles. The fraction of sp³-hybridized carbons (Fsp3) is 0.0556. The van der Waals surface area contributed by atoms with Crippen molar-refractivity contribution < 1.29 is 24.4 Å². The van der Waals surface area contributed by atoms with Crippen molar-refractivity contribution in [3.63, 3.8) is 0 Å². The molecule has 9 nitrogen and oxygen atoms in total. The number of phenolic OH excluding ortho intramolecular Hbond substituents is 1. The zero-order valence-corrected chi connectivity index (χ0v) is 16.5. The Morgan fingerprint density at radius 3 is 2.62 bits per heavy atom. The van der Waals surface area contributed by atoms with Crippen LogP contribution in [0.3, 0.4) is 0 Å². The lowest BCUT2D eigenvalue weighted by atomic mass is 10.1. The van der Waals surface area contributed by atoms with Gasteiger partial charge in [0.2, 0.25) is 0 Å². The number of amides is 2. The largest absolute Gasteiger partial charge is 0.502 e. The van der Waals surface area contributed by atoms with Gasteiger partial charge in [-0.25, -0.2) is 0 Å². The van der Waals surface area contributed by atoms with Gasteiger partial charge in [-0.3, -0.25) is 25.1 Å². The Kier molecular flexibility index (Phi) is 5.80. The maximum Gasteiger partial charge on any atom is 0.311 e. The first kappa shape index (κ1) is 20.3. The topological polar surface area (TPSA) is 122 Å². The summed E-state index contributed by atoms with van der Waals surface area (Å²) in [5, 5.41) is 21.4. The number of methoxy groups -OCH3 is 1. The number of hydrazine groups is 1. The number of nitrogens with one attached hydrogen (secondary N) is 1. The number of carbonyl (C=O) groups is 2. The van der Waals surface area contributed by atoms with E-state index in [0.717, 1.165) is 28.9 Å². The molecular formula is C18H13N3O6S2.